The Kier molecular flexibility index (Phi) is 16.4. The summed E-state index contributed by atoms with van der Waals surface area (Å²) in [7, 11) is 1.41. The van der Waals surface area contributed by atoms with Crippen LogP contribution in [0.5, 0.6) is 0 Å². The summed E-state index contributed by atoms with van der Waals surface area (Å²) in [6.07, 6.45) is 17.2. The molecule has 0 rings (SSSR count). The molecule has 1 N–H and O–H groups in total. The Labute approximate surface area is 137 Å². The maximum absolute atomic E-state index is 10.9. The molecule has 0 saturated carbocycles. The Morgan fingerprint density at radius 1 is 0.818 bits per heavy atom. The summed E-state index contributed by atoms with van der Waals surface area (Å²) < 4.78 is 4.58. The maximum atomic E-state index is 10.9. The SMILES string of the molecule is CCCCCCCCCCCCCC(O)CCCC(=O)OC. The lowest BCUT2D eigenvalue weighted by Gasteiger charge is -2.09. The van der Waals surface area contributed by atoms with Crippen molar-refractivity contribution < 1.29 is 14.6 Å². The van der Waals surface area contributed by atoms with Gasteiger partial charge in [0.05, 0.1) is 13.2 Å². The van der Waals surface area contributed by atoms with E-state index < -0.39 is 0 Å². The van der Waals surface area contributed by atoms with Gasteiger partial charge in [-0.25, -0.2) is 0 Å². The van der Waals surface area contributed by atoms with Crippen LogP contribution in [0.4, 0.5) is 0 Å². The zero-order valence-electron chi connectivity index (χ0n) is 14.9. The summed E-state index contributed by atoms with van der Waals surface area (Å²) in [5.41, 5.74) is 0. The van der Waals surface area contributed by atoms with E-state index in [9.17, 15) is 9.90 Å². The molecule has 0 aliphatic rings. The van der Waals surface area contributed by atoms with E-state index in [0.29, 0.717) is 12.8 Å². The van der Waals surface area contributed by atoms with E-state index >= 15 is 0 Å². The highest BCUT2D eigenvalue weighted by Crippen LogP contribution is 2.14. The summed E-state index contributed by atoms with van der Waals surface area (Å²) in [5, 5.41) is 9.83. The molecule has 1 atom stereocenters. The topological polar surface area (TPSA) is 46.5 Å². The zero-order chi connectivity index (χ0) is 16.5. The van der Waals surface area contributed by atoms with Gasteiger partial charge in [0.25, 0.3) is 0 Å². The molecule has 0 fully saturated rings. The average Bonchev–Trinajstić information content (AvgIpc) is 2.52. The Morgan fingerprint density at radius 2 is 1.27 bits per heavy atom. The molecule has 3 heteroatoms. The van der Waals surface area contributed by atoms with Crippen LogP contribution in [0.2, 0.25) is 0 Å². The third-order valence-electron chi connectivity index (χ3n) is 4.29. The molecule has 22 heavy (non-hydrogen) atoms. The van der Waals surface area contributed by atoms with Crippen LogP contribution in [-0.4, -0.2) is 24.3 Å². The maximum Gasteiger partial charge on any atom is 0.305 e. The third kappa shape index (κ3) is 15.8. The summed E-state index contributed by atoms with van der Waals surface area (Å²) >= 11 is 0. The number of ether oxygens (including phenoxy) is 1. The summed E-state index contributed by atoms with van der Waals surface area (Å²) in [5.74, 6) is -0.179. The van der Waals surface area contributed by atoms with Gasteiger partial charge in [0.1, 0.15) is 0 Å². The predicted octanol–water partition coefficient (Wildman–Crippen LogP) is 5.39. The van der Waals surface area contributed by atoms with Crippen LogP contribution < -0.4 is 0 Å². The fourth-order valence-corrected chi connectivity index (χ4v) is 2.77. The Morgan fingerprint density at radius 3 is 1.77 bits per heavy atom. The molecule has 0 aromatic heterocycles. The first-order chi connectivity index (χ1) is 10.7. The van der Waals surface area contributed by atoms with Gasteiger partial charge >= 0.3 is 5.97 Å². The molecule has 0 aliphatic heterocycles. The molecular weight excluding hydrogens is 276 g/mol. The number of rotatable bonds is 16. The van der Waals surface area contributed by atoms with Gasteiger partial charge in [-0.05, 0) is 19.3 Å². The molecule has 0 spiro atoms. The van der Waals surface area contributed by atoms with Crippen molar-refractivity contribution in [2.75, 3.05) is 7.11 Å². The molecule has 0 amide bonds. The number of carbonyl (C=O) groups is 1. The zero-order valence-corrected chi connectivity index (χ0v) is 14.9. The molecular formula is C19H38O3. The predicted molar refractivity (Wildman–Crippen MR) is 93.0 cm³/mol. The quantitative estimate of drug-likeness (QED) is 0.307. The number of hydrogen-bond acceptors (Lipinski definition) is 3. The number of methoxy groups -OCH3 is 1. The van der Waals surface area contributed by atoms with Crippen molar-refractivity contribution in [3.63, 3.8) is 0 Å². The molecule has 1 unspecified atom stereocenters. The summed E-state index contributed by atoms with van der Waals surface area (Å²) in [6.45, 7) is 2.26. The standard InChI is InChI=1S/C19H38O3/c1-3-4-5-6-7-8-9-10-11-12-13-15-18(20)16-14-17-19(21)22-2/h18,20H,3-17H2,1-2H3. The van der Waals surface area contributed by atoms with E-state index in [1.54, 1.807) is 0 Å². The van der Waals surface area contributed by atoms with E-state index in [2.05, 4.69) is 11.7 Å². The summed E-state index contributed by atoms with van der Waals surface area (Å²) in [4.78, 5) is 10.9. The van der Waals surface area contributed by atoms with Crippen molar-refractivity contribution in [2.45, 2.75) is 109 Å². The van der Waals surface area contributed by atoms with E-state index in [4.69, 9.17) is 0 Å². The van der Waals surface area contributed by atoms with Gasteiger partial charge in [0, 0.05) is 6.42 Å². The van der Waals surface area contributed by atoms with Crippen LogP contribution in [0, 0.1) is 0 Å². The van der Waals surface area contributed by atoms with Crippen molar-refractivity contribution in [1.82, 2.24) is 0 Å². The van der Waals surface area contributed by atoms with Crippen molar-refractivity contribution in [2.24, 2.45) is 0 Å². The highest BCUT2D eigenvalue weighted by Gasteiger charge is 2.06. The van der Waals surface area contributed by atoms with Crippen LogP contribution in [0.25, 0.3) is 0 Å². The van der Waals surface area contributed by atoms with E-state index in [0.717, 1.165) is 19.3 Å². The number of unbranched alkanes of at least 4 members (excludes halogenated alkanes) is 10. The molecule has 0 saturated heterocycles. The van der Waals surface area contributed by atoms with Gasteiger partial charge < -0.3 is 9.84 Å². The van der Waals surface area contributed by atoms with Crippen LogP contribution in [0.15, 0.2) is 0 Å². The third-order valence-corrected chi connectivity index (χ3v) is 4.29. The minimum Gasteiger partial charge on any atom is -0.469 e. The highest BCUT2D eigenvalue weighted by molar-refractivity contribution is 5.68. The first kappa shape index (κ1) is 21.4. The molecule has 0 bridgehead atoms. The second-order valence-electron chi connectivity index (χ2n) is 6.45. The van der Waals surface area contributed by atoms with Crippen molar-refractivity contribution in [1.29, 1.82) is 0 Å². The smallest absolute Gasteiger partial charge is 0.305 e. The Bertz CT molecular complexity index is 241. The van der Waals surface area contributed by atoms with Crippen LogP contribution in [-0.2, 0) is 9.53 Å². The Balaban J connectivity index is 3.16. The fraction of sp³-hybridized carbons (Fsp3) is 0.947. The van der Waals surface area contributed by atoms with E-state index in [-0.39, 0.29) is 12.1 Å². The van der Waals surface area contributed by atoms with Crippen molar-refractivity contribution in [3.05, 3.63) is 0 Å². The summed E-state index contributed by atoms with van der Waals surface area (Å²) in [6, 6.07) is 0. The van der Waals surface area contributed by atoms with Gasteiger partial charge in [0.2, 0.25) is 0 Å². The molecule has 0 aliphatic carbocycles. The first-order valence-corrected chi connectivity index (χ1v) is 9.45. The van der Waals surface area contributed by atoms with Gasteiger partial charge in [-0.2, -0.15) is 0 Å². The Hall–Kier alpha value is -0.570. The highest BCUT2D eigenvalue weighted by atomic mass is 16.5. The molecule has 132 valence electrons. The van der Waals surface area contributed by atoms with Gasteiger partial charge in [-0.3, -0.25) is 4.79 Å². The lowest BCUT2D eigenvalue weighted by molar-refractivity contribution is -0.140. The van der Waals surface area contributed by atoms with Gasteiger partial charge in [-0.15, -0.1) is 0 Å². The molecule has 3 nitrogen and oxygen atoms in total. The largest absolute Gasteiger partial charge is 0.469 e. The van der Waals surface area contributed by atoms with Crippen LogP contribution in [0.1, 0.15) is 103 Å². The van der Waals surface area contributed by atoms with Crippen molar-refractivity contribution >= 4 is 5.97 Å². The van der Waals surface area contributed by atoms with Gasteiger partial charge in [-0.1, -0.05) is 77.6 Å². The van der Waals surface area contributed by atoms with E-state index in [1.165, 1.54) is 71.3 Å². The number of aliphatic hydroxyl groups is 1. The van der Waals surface area contributed by atoms with Crippen molar-refractivity contribution in [3.8, 4) is 0 Å². The average molecular weight is 315 g/mol. The molecule has 0 aromatic carbocycles. The normalized spacial score (nSPS) is 12.3. The monoisotopic (exact) mass is 314 g/mol. The number of hydrogen-bond donors (Lipinski definition) is 1. The second kappa shape index (κ2) is 16.8. The minimum absolute atomic E-state index is 0.179. The lowest BCUT2D eigenvalue weighted by atomic mass is 10.0. The van der Waals surface area contributed by atoms with Gasteiger partial charge in [0.15, 0.2) is 0 Å². The number of esters is 1. The lowest BCUT2D eigenvalue weighted by Crippen LogP contribution is -2.08. The number of carbonyl (C=O) groups excluding carboxylic acids is 1. The molecule has 0 aromatic rings. The first-order valence-electron chi connectivity index (χ1n) is 9.45. The van der Waals surface area contributed by atoms with Crippen LogP contribution in [0.3, 0.4) is 0 Å². The van der Waals surface area contributed by atoms with Crippen LogP contribution >= 0.6 is 0 Å². The molecule has 0 heterocycles. The number of aliphatic hydroxyl groups excluding tert-OH is 1. The second-order valence-corrected chi connectivity index (χ2v) is 6.45. The minimum atomic E-state index is -0.247. The molecule has 0 radical (unpaired) electrons. The van der Waals surface area contributed by atoms with E-state index in [1.807, 2.05) is 0 Å². The fourth-order valence-electron chi connectivity index (χ4n) is 2.77.